The minimum atomic E-state index is -0.965. The quantitative estimate of drug-likeness (QED) is 0.482. The highest BCUT2D eigenvalue weighted by molar-refractivity contribution is 5.70. The number of amides is 1. The molecule has 0 bridgehead atoms. The van der Waals surface area contributed by atoms with E-state index in [-0.39, 0.29) is 12.1 Å². The summed E-state index contributed by atoms with van der Waals surface area (Å²) in [4.78, 5) is 15.0. The Balaban J connectivity index is 1.32. The predicted octanol–water partition coefficient (Wildman–Crippen LogP) is 5.84. The Morgan fingerprint density at radius 3 is 2.44 bits per heavy atom. The molecule has 0 radical (unpaired) electrons. The van der Waals surface area contributed by atoms with Crippen molar-refractivity contribution in [1.29, 1.82) is 0 Å². The molecule has 2 aliphatic rings. The van der Waals surface area contributed by atoms with Crippen LogP contribution in [0.15, 0.2) is 67.0 Å². The number of cyclic esters (lactones) is 1. The molecule has 2 atom stereocenters. The fourth-order valence-corrected chi connectivity index (χ4v) is 5.05. The Labute approximate surface area is 201 Å². The molecule has 1 saturated heterocycles. The number of carbonyl (C=O) groups is 1. The van der Waals surface area contributed by atoms with Crippen LogP contribution in [-0.4, -0.2) is 38.0 Å². The second kappa shape index (κ2) is 8.58. The third kappa shape index (κ3) is 4.60. The van der Waals surface area contributed by atoms with Gasteiger partial charge in [-0.3, -0.25) is 4.68 Å². The van der Waals surface area contributed by atoms with Gasteiger partial charge in [-0.15, -0.1) is 0 Å². The van der Waals surface area contributed by atoms with Crippen LogP contribution in [0.2, 0.25) is 0 Å². The van der Waals surface area contributed by atoms with Crippen LogP contribution < -0.4 is 0 Å². The largest absolute Gasteiger partial charge is 0.438 e. The third-order valence-electron chi connectivity index (χ3n) is 7.01. The lowest BCUT2D eigenvalue weighted by Gasteiger charge is -2.45. The number of benzene rings is 2. The SMILES string of the molecule is C[C@@H](c1ccc(-c2cnn(C3CC3)c2)cc1)N1CC[C@](CC(C)(C)O)(c2ccccc2)OC1=O. The first-order valence-corrected chi connectivity index (χ1v) is 12.2. The lowest BCUT2D eigenvalue weighted by molar-refractivity contribution is -0.101. The number of rotatable bonds is 7. The minimum Gasteiger partial charge on any atom is -0.438 e. The predicted molar refractivity (Wildman–Crippen MR) is 131 cm³/mol. The van der Waals surface area contributed by atoms with Gasteiger partial charge in [0.2, 0.25) is 0 Å². The number of hydrogen-bond acceptors (Lipinski definition) is 4. The molecule has 0 spiro atoms. The molecule has 1 aliphatic carbocycles. The van der Waals surface area contributed by atoms with Gasteiger partial charge >= 0.3 is 6.09 Å². The van der Waals surface area contributed by atoms with Gasteiger partial charge in [-0.05, 0) is 50.3 Å². The highest BCUT2D eigenvalue weighted by Gasteiger charge is 2.46. The van der Waals surface area contributed by atoms with E-state index in [4.69, 9.17) is 4.74 Å². The molecule has 6 heteroatoms. The molecule has 1 amide bonds. The molecule has 1 saturated carbocycles. The van der Waals surface area contributed by atoms with Crippen LogP contribution in [0, 0.1) is 0 Å². The molecule has 0 unspecified atom stereocenters. The van der Waals surface area contributed by atoms with Crippen LogP contribution in [0.3, 0.4) is 0 Å². The summed E-state index contributed by atoms with van der Waals surface area (Å²) < 4.78 is 8.19. The Morgan fingerprint density at radius 1 is 1.12 bits per heavy atom. The van der Waals surface area contributed by atoms with Crippen molar-refractivity contribution in [2.45, 2.75) is 69.7 Å². The number of nitrogens with zero attached hydrogens (tertiary/aromatic N) is 3. The van der Waals surface area contributed by atoms with Crippen LogP contribution in [0.5, 0.6) is 0 Å². The number of hydrogen-bond donors (Lipinski definition) is 1. The Bertz CT molecular complexity index is 1150. The molecular formula is C28H33N3O3. The van der Waals surface area contributed by atoms with Gasteiger partial charge in [-0.2, -0.15) is 5.10 Å². The van der Waals surface area contributed by atoms with Crippen molar-refractivity contribution >= 4 is 6.09 Å². The normalized spacial score (nSPS) is 21.9. The van der Waals surface area contributed by atoms with Crippen LogP contribution in [-0.2, 0) is 10.3 Å². The maximum atomic E-state index is 13.3. The standard InChI is InChI=1S/C28H33N3O3/c1-20(21-9-11-22(12-10-21)23-17-29-31(18-23)25-13-14-25)30-16-15-28(34-26(30)32,19-27(2,3)33)24-7-5-4-6-8-24/h4-12,17-18,20,25,33H,13-16,19H2,1-3H3/t20-,28-/m0/s1. The van der Waals surface area contributed by atoms with Crippen molar-refractivity contribution in [3.63, 3.8) is 0 Å². The van der Waals surface area contributed by atoms with E-state index in [1.807, 2.05) is 43.5 Å². The topological polar surface area (TPSA) is 67.6 Å². The highest BCUT2D eigenvalue weighted by Crippen LogP contribution is 2.42. The first-order chi connectivity index (χ1) is 16.2. The summed E-state index contributed by atoms with van der Waals surface area (Å²) in [6.45, 7) is 6.11. The van der Waals surface area contributed by atoms with E-state index in [2.05, 4.69) is 40.2 Å². The van der Waals surface area contributed by atoms with Gasteiger partial charge in [0.05, 0.1) is 23.9 Å². The van der Waals surface area contributed by atoms with Gasteiger partial charge < -0.3 is 14.7 Å². The molecule has 178 valence electrons. The number of aliphatic hydroxyl groups is 1. The van der Waals surface area contributed by atoms with E-state index < -0.39 is 11.2 Å². The summed E-state index contributed by atoms with van der Waals surface area (Å²) >= 11 is 0. The number of ether oxygens (including phenoxy) is 1. The zero-order valence-electron chi connectivity index (χ0n) is 20.1. The molecule has 2 aromatic carbocycles. The number of carbonyl (C=O) groups excluding carboxylic acids is 1. The van der Waals surface area contributed by atoms with Crippen LogP contribution in [0.1, 0.15) is 69.7 Å². The minimum absolute atomic E-state index is 0.119. The van der Waals surface area contributed by atoms with E-state index in [9.17, 15) is 9.90 Å². The van der Waals surface area contributed by atoms with Crippen molar-refractivity contribution in [3.05, 3.63) is 78.1 Å². The van der Waals surface area contributed by atoms with Crippen molar-refractivity contribution in [2.24, 2.45) is 0 Å². The Kier molecular flexibility index (Phi) is 5.72. The summed E-state index contributed by atoms with van der Waals surface area (Å²) in [5.74, 6) is 0. The molecule has 2 heterocycles. The van der Waals surface area contributed by atoms with Gasteiger partial charge in [-0.1, -0.05) is 54.6 Å². The van der Waals surface area contributed by atoms with Crippen molar-refractivity contribution in [3.8, 4) is 11.1 Å². The zero-order chi connectivity index (χ0) is 23.9. The maximum Gasteiger partial charge on any atom is 0.411 e. The monoisotopic (exact) mass is 459 g/mol. The lowest BCUT2D eigenvalue weighted by Crippen LogP contribution is -2.51. The van der Waals surface area contributed by atoms with Crippen LogP contribution in [0.25, 0.3) is 11.1 Å². The summed E-state index contributed by atoms with van der Waals surface area (Å²) in [7, 11) is 0. The Hall–Kier alpha value is -3.12. The van der Waals surface area contributed by atoms with Gasteiger partial charge in [0.25, 0.3) is 0 Å². The van der Waals surface area contributed by atoms with Gasteiger partial charge in [0, 0.05) is 31.1 Å². The molecule has 6 nitrogen and oxygen atoms in total. The molecule has 2 fully saturated rings. The average Bonchev–Trinajstić information content (AvgIpc) is 3.55. The summed E-state index contributed by atoms with van der Waals surface area (Å²) in [6, 6.07) is 18.6. The molecule has 1 aliphatic heterocycles. The summed E-state index contributed by atoms with van der Waals surface area (Å²) in [6.07, 6.45) is 7.09. The third-order valence-corrected chi connectivity index (χ3v) is 7.01. The summed E-state index contributed by atoms with van der Waals surface area (Å²) in [5, 5.41) is 15.1. The van der Waals surface area contributed by atoms with E-state index in [0.717, 1.165) is 22.3 Å². The van der Waals surface area contributed by atoms with Gasteiger partial charge in [0.1, 0.15) is 5.60 Å². The Morgan fingerprint density at radius 2 is 1.82 bits per heavy atom. The van der Waals surface area contributed by atoms with Crippen LogP contribution in [0.4, 0.5) is 4.79 Å². The molecular weight excluding hydrogens is 426 g/mol. The van der Waals surface area contributed by atoms with Gasteiger partial charge in [0.15, 0.2) is 0 Å². The van der Waals surface area contributed by atoms with Crippen LogP contribution >= 0.6 is 0 Å². The fourth-order valence-electron chi connectivity index (χ4n) is 5.05. The van der Waals surface area contributed by atoms with Gasteiger partial charge in [-0.25, -0.2) is 4.79 Å². The van der Waals surface area contributed by atoms with Crippen molar-refractivity contribution in [2.75, 3.05) is 6.54 Å². The smallest absolute Gasteiger partial charge is 0.411 e. The summed E-state index contributed by atoms with van der Waals surface area (Å²) in [5.41, 5.74) is 2.42. The second-order valence-corrected chi connectivity index (χ2v) is 10.4. The molecule has 5 rings (SSSR count). The maximum absolute atomic E-state index is 13.3. The van der Waals surface area contributed by atoms with E-state index in [1.54, 1.807) is 18.7 Å². The zero-order valence-corrected chi connectivity index (χ0v) is 20.1. The number of aromatic nitrogens is 2. The fraction of sp³-hybridized carbons (Fsp3) is 0.429. The van der Waals surface area contributed by atoms with Crippen molar-refractivity contribution in [1.82, 2.24) is 14.7 Å². The lowest BCUT2D eigenvalue weighted by atomic mass is 9.80. The van der Waals surface area contributed by atoms with Crippen molar-refractivity contribution < 1.29 is 14.6 Å². The molecule has 1 N–H and O–H groups in total. The second-order valence-electron chi connectivity index (χ2n) is 10.4. The van der Waals surface area contributed by atoms with E-state index in [0.29, 0.717) is 25.4 Å². The highest BCUT2D eigenvalue weighted by atomic mass is 16.6. The van der Waals surface area contributed by atoms with E-state index in [1.165, 1.54) is 12.8 Å². The van der Waals surface area contributed by atoms with E-state index >= 15 is 0 Å². The molecule has 3 aromatic rings. The first kappa shape index (κ1) is 22.7. The first-order valence-electron chi connectivity index (χ1n) is 12.2. The molecule has 34 heavy (non-hydrogen) atoms. The average molecular weight is 460 g/mol. The molecule has 1 aromatic heterocycles.